The van der Waals surface area contributed by atoms with Crippen molar-refractivity contribution in [1.29, 1.82) is 0 Å². The van der Waals surface area contributed by atoms with Gasteiger partial charge in [0.05, 0.1) is 5.69 Å². The zero-order valence-electron chi connectivity index (χ0n) is 18.6. The summed E-state index contributed by atoms with van der Waals surface area (Å²) in [5.41, 5.74) is 5.68. The monoisotopic (exact) mass is 428 g/mol. The number of fused-ring (bicyclic) bond motifs is 1. The minimum absolute atomic E-state index is 0.267. The molecule has 1 atom stereocenters. The van der Waals surface area contributed by atoms with Crippen molar-refractivity contribution < 1.29 is 15.0 Å². The van der Waals surface area contributed by atoms with E-state index in [-0.39, 0.29) is 5.75 Å². The molecule has 2 N–H and O–H groups in total. The molecule has 1 aliphatic rings. The molecule has 0 saturated heterocycles. The van der Waals surface area contributed by atoms with Crippen LogP contribution in [-0.2, 0) is 16.8 Å². The molecule has 0 saturated carbocycles. The highest BCUT2D eigenvalue weighted by Crippen LogP contribution is 2.43. The van der Waals surface area contributed by atoms with Gasteiger partial charge in [-0.2, -0.15) is 0 Å². The number of phenolic OH excluding ortho intramolecular Hbond substituents is 1. The lowest BCUT2D eigenvalue weighted by Gasteiger charge is -2.47. The molecule has 164 valence electrons. The highest BCUT2D eigenvalue weighted by molar-refractivity contribution is 5.85. The number of aromatic nitrogens is 1. The fourth-order valence-electron chi connectivity index (χ4n) is 4.53. The quantitative estimate of drug-likeness (QED) is 0.537. The Bertz CT molecular complexity index is 1150. The van der Waals surface area contributed by atoms with Crippen molar-refractivity contribution in [3.8, 4) is 5.75 Å². The van der Waals surface area contributed by atoms with Gasteiger partial charge in [0, 0.05) is 24.5 Å². The first-order valence-electron chi connectivity index (χ1n) is 10.9. The summed E-state index contributed by atoms with van der Waals surface area (Å²) in [5, 5.41) is 18.9. The Morgan fingerprint density at radius 2 is 1.88 bits per heavy atom. The Morgan fingerprint density at radius 1 is 1.12 bits per heavy atom. The van der Waals surface area contributed by atoms with Crippen LogP contribution in [0.4, 0.5) is 5.69 Å². The zero-order chi connectivity index (χ0) is 22.9. The number of pyridine rings is 1. The topological polar surface area (TPSA) is 73.7 Å². The van der Waals surface area contributed by atoms with Crippen LogP contribution in [0, 0.1) is 0 Å². The number of nitrogens with zero attached hydrogens (tertiary/aromatic N) is 2. The largest absolute Gasteiger partial charge is 0.508 e. The molecule has 2 aromatic carbocycles. The van der Waals surface area contributed by atoms with Crippen LogP contribution in [0.1, 0.15) is 54.6 Å². The van der Waals surface area contributed by atoms with Gasteiger partial charge in [0.2, 0.25) is 0 Å². The molecule has 32 heavy (non-hydrogen) atoms. The minimum atomic E-state index is -0.988. The van der Waals surface area contributed by atoms with Gasteiger partial charge in [-0.05, 0) is 77.9 Å². The second-order valence-electron chi connectivity index (χ2n) is 8.71. The molecule has 0 radical (unpaired) electrons. The van der Waals surface area contributed by atoms with E-state index in [9.17, 15) is 9.90 Å². The SMILES string of the molecule is CC(C)c1ccc(N2CCc3cc(O)ccc3C2(C)c2ccc(/C=C/C(=O)O)cn2)cc1. The van der Waals surface area contributed by atoms with E-state index >= 15 is 0 Å². The third-order valence-electron chi connectivity index (χ3n) is 6.33. The van der Waals surface area contributed by atoms with Crippen molar-refractivity contribution in [2.24, 2.45) is 0 Å². The van der Waals surface area contributed by atoms with Crippen LogP contribution in [0.2, 0.25) is 0 Å². The van der Waals surface area contributed by atoms with Crippen molar-refractivity contribution in [1.82, 2.24) is 4.98 Å². The maximum atomic E-state index is 10.8. The smallest absolute Gasteiger partial charge is 0.328 e. The van der Waals surface area contributed by atoms with E-state index in [1.807, 2.05) is 24.3 Å². The van der Waals surface area contributed by atoms with E-state index < -0.39 is 11.5 Å². The van der Waals surface area contributed by atoms with Crippen molar-refractivity contribution >= 4 is 17.7 Å². The van der Waals surface area contributed by atoms with Crippen LogP contribution >= 0.6 is 0 Å². The molecule has 0 fully saturated rings. The number of carboxylic acid groups (broad SMARTS) is 1. The molecule has 0 bridgehead atoms. The number of aliphatic carboxylic acids is 1. The zero-order valence-corrected chi connectivity index (χ0v) is 18.6. The summed E-state index contributed by atoms with van der Waals surface area (Å²) in [4.78, 5) is 17.9. The van der Waals surface area contributed by atoms with Gasteiger partial charge in [-0.15, -0.1) is 0 Å². The molecule has 1 unspecified atom stereocenters. The predicted molar refractivity (Wildman–Crippen MR) is 127 cm³/mol. The summed E-state index contributed by atoms with van der Waals surface area (Å²) in [6, 6.07) is 18.1. The van der Waals surface area contributed by atoms with Crippen molar-refractivity contribution in [2.75, 3.05) is 11.4 Å². The van der Waals surface area contributed by atoms with Crippen molar-refractivity contribution in [2.45, 2.75) is 38.6 Å². The molecule has 1 aliphatic heterocycles. The summed E-state index contributed by atoms with van der Waals surface area (Å²) >= 11 is 0. The molecule has 1 aromatic heterocycles. The van der Waals surface area contributed by atoms with E-state index in [1.165, 1.54) is 11.6 Å². The molecule has 2 heterocycles. The summed E-state index contributed by atoms with van der Waals surface area (Å²) in [5.74, 6) is -0.255. The normalized spacial score (nSPS) is 18.2. The van der Waals surface area contributed by atoms with Gasteiger partial charge in [-0.25, -0.2) is 4.79 Å². The van der Waals surface area contributed by atoms with E-state index in [0.717, 1.165) is 47.1 Å². The van der Waals surface area contributed by atoms with E-state index in [4.69, 9.17) is 10.1 Å². The van der Waals surface area contributed by atoms with Crippen molar-refractivity contribution in [3.05, 3.63) is 94.8 Å². The molecule has 4 rings (SSSR count). The average molecular weight is 429 g/mol. The van der Waals surface area contributed by atoms with Crippen molar-refractivity contribution in [3.63, 3.8) is 0 Å². The number of hydrogen-bond acceptors (Lipinski definition) is 4. The molecule has 0 spiro atoms. The standard InChI is InChI=1S/C27H28N2O3/c1-18(2)20-6-8-22(9-7-20)29-15-14-21-16-23(30)10-11-24(21)27(29,3)25-12-4-19(17-28-25)5-13-26(31)32/h4-13,16-18,30H,14-15H2,1-3H3,(H,31,32)/b13-5+. The number of aromatic hydroxyl groups is 1. The maximum absolute atomic E-state index is 10.8. The first-order valence-corrected chi connectivity index (χ1v) is 10.9. The summed E-state index contributed by atoms with van der Waals surface area (Å²) in [6.45, 7) is 7.32. The summed E-state index contributed by atoms with van der Waals surface area (Å²) < 4.78 is 0. The summed E-state index contributed by atoms with van der Waals surface area (Å²) in [7, 11) is 0. The van der Waals surface area contributed by atoms with E-state index in [0.29, 0.717) is 5.92 Å². The third-order valence-corrected chi connectivity index (χ3v) is 6.33. The van der Waals surface area contributed by atoms with Gasteiger partial charge in [-0.1, -0.05) is 38.1 Å². The van der Waals surface area contributed by atoms with E-state index in [1.54, 1.807) is 12.3 Å². The Labute approximate surface area is 188 Å². The molecular weight excluding hydrogens is 400 g/mol. The Balaban J connectivity index is 1.81. The van der Waals surface area contributed by atoms with Crippen LogP contribution in [0.3, 0.4) is 0 Å². The van der Waals surface area contributed by atoms with Gasteiger partial charge in [0.25, 0.3) is 0 Å². The number of phenols is 1. The highest BCUT2D eigenvalue weighted by Gasteiger charge is 2.41. The highest BCUT2D eigenvalue weighted by atomic mass is 16.4. The molecule has 0 aliphatic carbocycles. The Hall–Kier alpha value is -3.60. The third kappa shape index (κ3) is 3.98. The Kier molecular flexibility index (Phi) is 5.74. The Morgan fingerprint density at radius 3 is 2.50 bits per heavy atom. The number of carbonyl (C=O) groups is 1. The van der Waals surface area contributed by atoms with Gasteiger partial charge >= 0.3 is 5.97 Å². The molecule has 5 nitrogen and oxygen atoms in total. The lowest BCUT2D eigenvalue weighted by molar-refractivity contribution is -0.131. The molecule has 0 amide bonds. The molecule has 3 aromatic rings. The lowest BCUT2D eigenvalue weighted by atomic mass is 9.78. The van der Waals surface area contributed by atoms with Crippen LogP contribution < -0.4 is 4.90 Å². The van der Waals surface area contributed by atoms with Gasteiger partial charge < -0.3 is 15.1 Å². The number of anilines is 1. The van der Waals surface area contributed by atoms with Gasteiger partial charge in [-0.3, -0.25) is 4.98 Å². The lowest BCUT2D eigenvalue weighted by Crippen LogP contribution is -2.50. The van der Waals surface area contributed by atoms with Crippen LogP contribution in [-0.4, -0.2) is 27.7 Å². The first kappa shape index (κ1) is 21.6. The number of hydrogen-bond donors (Lipinski definition) is 2. The van der Waals surface area contributed by atoms with Gasteiger partial charge in [0.15, 0.2) is 0 Å². The molecule has 5 heteroatoms. The van der Waals surface area contributed by atoms with Gasteiger partial charge in [0.1, 0.15) is 11.3 Å². The van der Waals surface area contributed by atoms with Crippen LogP contribution in [0.25, 0.3) is 6.08 Å². The maximum Gasteiger partial charge on any atom is 0.328 e. The fraction of sp³-hybridized carbons (Fsp3) is 0.259. The minimum Gasteiger partial charge on any atom is -0.508 e. The first-order chi connectivity index (χ1) is 15.3. The van der Waals surface area contributed by atoms with Crippen LogP contribution in [0.5, 0.6) is 5.75 Å². The predicted octanol–water partition coefficient (Wildman–Crippen LogP) is 5.33. The second-order valence-corrected chi connectivity index (χ2v) is 8.71. The molecular formula is C27H28N2O3. The number of carboxylic acids is 1. The number of rotatable bonds is 5. The average Bonchev–Trinajstić information content (AvgIpc) is 2.78. The van der Waals surface area contributed by atoms with Crippen LogP contribution in [0.15, 0.2) is 66.9 Å². The number of benzene rings is 2. The summed E-state index contributed by atoms with van der Waals surface area (Å²) in [6.07, 6.45) is 5.18. The van der Waals surface area contributed by atoms with E-state index in [2.05, 4.69) is 49.9 Å². The fourth-order valence-corrected chi connectivity index (χ4v) is 4.53. The second kappa shape index (κ2) is 8.50.